The third-order valence-corrected chi connectivity index (χ3v) is 7.98. The number of rotatable bonds is 24. The molecule has 9 heteroatoms. The molecule has 0 radical (unpaired) electrons. The van der Waals surface area contributed by atoms with Crippen molar-refractivity contribution in [3.63, 3.8) is 0 Å². The maximum atomic E-state index is 12.3. The van der Waals surface area contributed by atoms with Gasteiger partial charge in [-0.05, 0) is 13.3 Å². The zero-order chi connectivity index (χ0) is 26.6. The largest absolute Gasteiger partial charge is 0.382 e. The second-order valence-electron chi connectivity index (χ2n) is 10.2. The number of nitrogens with zero attached hydrogens (tertiary/aromatic N) is 4. The Morgan fingerprint density at radius 2 is 1.46 bits per heavy atom. The third-order valence-electron chi connectivity index (χ3n) is 6.72. The van der Waals surface area contributed by atoms with Crippen LogP contribution in [0.4, 0.5) is 5.82 Å². The van der Waals surface area contributed by atoms with E-state index in [1.165, 1.54) is 89.8 Å². The first-order valence-corrected chi connectivity index (χ1v) is 16.3. The summed E-state index contributed by atoms with van der Waals surface area (Å²) in [6.07, 6.45) is 23.9. The molecule has 0 fully saturated rings. The van der Waals surface area contributed by atoms with Gasteiger partial charge in [-0.2, -0.15) is 0 Å². The lowest BCUT2D eigenvalue weighted by Gasteiger charge is -2.11. The van der Waals surface area contributed by atoms with Gasteiger partial charge in [-0.25, -0.2) is 15.0 Å². The Kier molecular flexibility index (Phi) is 17.4. The Labute approximate surface area is 225 Å². The molecule has 8 nitrogen and oxygen atoms in total. The summed E-state index contributed by atoms with van der Waals surface area (Å²) in [4.78, 5) is 12.5. The van der Waals surface area contributed by atoms with Gasteiger partial charge in [-0.1, -0.05) is 95.0 Å². The second-order valence-corrected chi connectivity index (χ2v) is 11.9. The lowest BCUT2D eigenvalue weighted by Crippen LogP contribution is -2.16. The highest BCUT2D eigenvalue weighted by molar-refractivity contribution is 7.44. The molecule has 2 atom stereocenters. The minimum atomic E-state index is -1.38. The molecule has 0 spiro atoms. The van der Waals surface area contributed by atoms with Crippen LogP contribution >= 0.6 is 7.80 Å². The molecule has 0 aliphatic carbocycles. The van der Waals surface area contributed by atoms with Crippen LogP contribution in [0, 0.1) is 0 Å². The average Bonchev–Trinajstić information content (AvgIpc) is 3.30. The van der Waals surface area contributed by atoms with E-state index in [-0.39, 0.29) is 12.5 Å². The van der Waals surface area contributed by atoms with Gasteiger partial charge in [0.15, 0.2) is 17.6 Å². The molecule has 0 aliphatic rings. The molecule has 0 saturated heterocycles. The van der Waals surface area contributed by atoms with E-state index in [1.54, 1.807) is 6.33 Å². The fraction of sp³-hybridized carbons (Fsp3) is 0.821. The average molecular weight is 537 g/mol. The Bertz CT molecular complexity index is 863. The van der Waals surface area contributed by atoms with Crippen LogP contribution in [0.5, 0.6) is 0 Å². The predicted molar refractivity (Wildman–Crippen MR) is 153 cm³/mol. The van der Waals surface area contributed by atoms with E-state index in [1.807, 2.05) is 11.5 Å². The SMILES string of the molecule is CCCCCCCCCCCCCCCCOCCC[P+](=O)CO[C@H](C)Cn1cnc2c(N)ncnc21. The van der Waals surface area contributed by atoms with Crippen LogP contribution in [0.25, 0.3) is 11.2 Å². The Morgan fingerprint density at radius 1 is 0.865 bits per heavy atom. The molecule has 210 valence electrons. The predicted octanol–water partition coefficient (Wildman–Crippen LogP) is 7.49. The van der Waals surface area contributed by atoms with Gasteiger partial charge in [-0.3, -0.25) is 0 Å². The zero-order valence-electron chi connectivity index (χ0n) is 23.4. The van der Waals surface area contributed by atoms with E-state index >= 15 is 0 Å². The topological polar surface area (TPSA) is 105 Å². The van der Waals surface area contributed by atoms with Crippen molar-refractivity contribution < 1.29 is 14.0 Å². The van der Waals surface area contributed by atoms with Crippen LogP contribution in [0.2, 0.25) is 0 Å². The summed E-state index contributed by atoms with van der Waals surface area (Å²) < 4.78 is 25.7. The van der Waals surface area contributed by atoms with E-state index in [4.69, 9.17) is 15.2 Å². The first-order valence-electron chi connectivity index (χ1n) is 14.6. The molecule has 2 rings (SSSR count). The maximum absolute atomic E-state index is 12.3. The number of fused-ring (bicyclic) bond motifs is 1. The molecular weight excluding hydrogens is 485 g/mol. The number of ether oxygens (including phenoxy) is 2. The molecule has 1 unspecified atom stereocenters. The molecular formula is C28H51N5O3P+. The quantitative estimate of drug-likeness (QED) is 0.109. The normalized spacial score (nSPS) is 12.9. The number of unbranched alkanes of at least 4 members (excludes halogenated alkanes) is 13. The number of nitrogens with two attached hydrogens (primary N) is 1. The molecule has 2 aromatic rings. The van der Waals surface area contributed by atoms with Crippen molar-refractivity contribution in [1.29, 1.82) is 0 Å². The first-order chi connectivity index (χ1) is 18.1. The van der Waals surface area contributed by atoms with Crippen LogP contribution in [0.15, 0.2) is 12.7 Å². The number of imidazole rings is 1. The Hall–Kier alpha value is -1.63. The van der Waals surface area contributed by atoms with E-state index in [0.29, 0.717) is 36.3 Å². The summed E-state index contributed by atoms with van der Waals surface area (Å²) in [6.45, 7) is 6.30. The maximum Gasteiger partial charge on any atom is 0.367 e. The smallest absolute Gasteiger partial charge is 0.367 e. The van der Waals surface area contributed by atoms with E-state index in [2.05, 4.69) is 21.9 Å². The lowest BCUT2D eigenvalue weighted by atomic mass is 10.0. The molecule has 0 saturated carbocycles. The molecule has 0 amide bonds. The molecule has 0 bridgehead atoms. The van der Waals surface area contributed by atoms with Gasteiger partial charge in [0.25, 0.3) is 0 Å². The fourth-order valence-electron chi connectivity index (χ4n) is 4.48. The van der Waals surface area contributed by atoms with Gasteiger partial charge in [0.05, 0.1) is 25.6 Å². The Balaban J connectivity index is 1.35. The van der Waals surface area contributed by atoms with Crippen LogP contribution in [0.3, 0.4) is 0 Å². The van der Waals surface area contributed by atoms with Crippen LogP contribution in [0.1, 0.15) is 110 Å². The van der Waals surface area contributed by atoms with Crippen molar-refractivity contribution in [3.05, 3.63) is 12.7 Å². The van der Waals surface area contributed by atoms with E-state index < -0.39 is 7.80 Å². The van der Waals surface area contributed by atoms with Crippen molar-refractivity contribution in [1.82, 2.24) is 19.5 Å². The van der Waals surface area contributed by atoms with Crippen molar-refractivity contribution in [2.75, 3.05) is 31.5 Å². The second kappa shape index (κ2) is 20.3. The van der Waals surface area contributed by atoms with Crippen molar-refractivity contribution >= 4 is 24.8 Å². The number of hydrogen-bond acceptors (Lipinski definition) is 7. The van der Waals surface area contributed by atoms with Gasteiger partial charge in [-0.15, -0.1) is 0 Å². The standard InChI is InChI=1S/C28H51N5O3P/c1-3-4-5-6-7-8-9-10-11-12-13-14-15-16-18-35-19-17-20-37(34)24-36-25(2)21-33-23-32-26-27(29)30-22-31-28(26)33/h22-23,25H,3-21,24H2,1-2H3,(H2,29,30,31)/q+1/t25-/m1/s1. The molecule has 37 heavy (non-hydrogen) atoms. The Morgan fingerprint density at radius 3 is 2.11 bits per heavy atom. The van der Waals surface area contributed by atoms with Crippen molar-refractivity contribution in [2.45, 2.75) is 123 Å². The minimum absolute atomic E-state index is 0.107. The summed E-state index contributed by atoms with van der Waals surface area (Å²) in [5, 5.41) is 0. The highest BCUT2D eigenvalue weighted by atomic mass is 31.1. The molecule has 0 aliphatic heterocycles. The summed E-state index contributed by atoms with van der Waals surface area (Å²) in [5.74, 6) is 0.368. The molecule has 2 aromatic heterocycles. The van der Waals surface area contributed by atoms with Gasteiger partial charge in [0.2, 0.25) is 6.35 Å². The molecule has 0 aromatic carbocycles. The van der Waals surface area contributed by atoms with Crippen LogP contribution in [-0.2, 0) is 20.6 Å². The summed E-state index contributed by atoms with van der Waals surface area (Å²) in [6, 6.07) is 0. The fourth-order valence-corrected chi connectivity index (χ4v) is 5.51. The lowest BCUT2D eigenvalue weighted by molar-refractivity contribution is 0.0877. The third kappa shape index (κ3) is 14.2. The molecule has 2 N–H and O–H groups in total. The summed E-state index contributed by atoms with van der Waals surface area (Å²) in [5.41, 5.74) is 7.11. The number of nitrogen functional groups attached to an aromatic ring is 1. The monoisotopic (exact) mass is 536 g/mol. The number of hydrogen-bond donors (Lipinski definition) is 1. The highest BCUT2D eigenvalue weighted by Crippen LogP contribution is 2.23. The van der Waals surface area contributed by atoms with E-state index in [0.717, 1.165) is 19.4 Å². The highest BCUT2D eigenvalue weighted by Gasteiger charge is 2.18. The number of aromatic nitrogens is 4. The van der Waals surface area contributed by atoms with Gasteiger partial charge in [0.1, 0.15) is 11.8 Å². The van der Waals surface area contributed by atoms with Crippen molar-refractivity contribution in [2.24, 2.45) is 0 Å². The van der Waals surface area contributed by atoms with E-state index in [9.17, 15) is 4.57 Å². The summed E-state index contributed by atoms with van der Waals surface area (Å²) >= 11 is 0. The number of anilines is 1. The first kappa shape index (κ1) is 31.6. The van der Waals surface area contributed by atoms with Gasteiger partial charge >= 0.3 is 7.80 Å². The van der Waals surface area contributed by atoms with Crippen LogP contribution in [-0.4, -0.2) is 51.3 Å². The molecule has 2 heterocycles. The van der Waals surface area contributed by atoms with Crippen molar-refractivity contribution in [3.8, 4) is 0 Å². The van der Waals surface area contributed by atoms with Crippen LogP contribution < -0.4 is 5.73 Å². The minimum Gasteiger partial charge on any atom is -0.382 e. The summed E-state index contributed by atoms with van der Waals surface area (Å²) in [7, 11) is -1.38. The van der Waals surface area contributed by atoms with Gasteiger partial charge in [0, 0.05) is 13.0 Å². The van der Waals surface area contributed by atoms with Gasteiger partial charge < -0.3 is 19.8 Å². The zero-order valence-corrected chi connectivity index (χ0v) is 24.3.